The van der Waals surface area contributed by atoms with E-state index in [4.69, 9.17) is 9.15 Å². The van der Waals surface area contributed by atoms with Gasteiger partial charge in [-0.25, -0.2) is 0 Å². The van der Waals surface area contributed by atoms with Gasteiger partial charge in [-0.2, -0.15) is 0 Å². The average Bonchev–Trinajstić information content (AvgIpc) is 3.00. The van der Waals surface area contributed by atoms with Crippen LogP contribution in [0.3, 0.4) is 0 Å². The molecule has 1 heterocycles. The molecule has 3 rings (SSSR count). The number of para-hydroxylation sites is 1. The van der Waals surface area contributed by atoms with E-state index in [0.29, 0.717) is 23.6 Å². The highest BCUT2D eigenvalue weighted by atomic mass is 16.5. The number of aryl methyl sites for hydroxylation is 1. The molecule has 118 valence electrons. The number of hydrogen-bond acceptors (Lipinski definition) is 3. The Morgan fingerprint density at radius 1 is 1.17 bits per heavy atom. The second-order valence-electron chi connectivity index (χ2n) is 5.64. The first-order valence-electron chi connectivity index (χ1n) is 7.46. The maximum absolute atomic E-state index is 12.6. The zero-order valence-corrected chi connectivity index (χ0v) is 13.5. The van der Waals surface area contributed by atoms with Crippen LogP contribution in [0.2, 0.25) is 0 Å². The third-order valence-corrected chi connectivity index (χ3v) is 3.83. The van der Waals surface area contributed by atoms with Gasteiger partial charge in [-0.05, 0) is 24.6 Å². The number of carbonyl (C=O) groups excluding carboxylic acids is 1. The number of hydrogen-bond donors (Lipinski definition) is 0. The highest BCUT2D eigenvalue weighted by Gasteiger charge is 2.18. The van der Waals surface area contributed by atoms with Gasteiger partial charge < -0.3 is 14.1 Å². The fourth-order valence-corrected chi connectivity index (χ4v) is 2.53. The molecule has 0 aliphatic carbocycles. The van der Waals surface area contributed by atoms with Crippen LogP contribution in [-0.4, -0.2) is 25.0 Å². The van der Waals surface area contributed by atoms with Crippen LogP contribution in [0.15, 0.2) is 52.9 Å². The van der Waals surface area contributed by atoms with E-state index in [1.165, 1.54) is 5.56 Å². The summed E-state index contributed by atoms with van der Waals surface area (Å²) in [7, 11) is 3.36. The molecule has 4 heteroatoms. The van der Waals surface area contributed by atoms with Gasteiger partial charge in [0, 0.05) is 19.0 Å². The molecule has 0 unspecified atom stereocenters. The van der Waals surface area contributed by atoms with Gasteiger partial charge in [0.15, 0.2) is 17.1 Å². The number of amides is 1. The molecule has 0 saturated heterocycles. The third kappa shape index (κ3) is 3.06. The standard InChI is InChI=1S/C19H19NO3/c1-13-7-9-14(10-8-13)12-20(2)19(21)17-11-15-5-4-6-16(22-3)18(15)23-17/h4-11H,12H2,1-3H3. The summed E-state index contributed by atoms with van der Waals surface area (Å²) >= 11 is 0. The normalized spacial score (nSPS) is 10.7. The zero-order valence-electron chi connectivity index (χ0n) is 13.5. The zero-order chi connectivity index (χ0) is 16.4. The van der Waals surface area contributed by atoms with Gasteiger partial charge in [-0.3, -0.25) is 4.79 Å². The predicted octanol–water partition coefficient (Wildman–Crippen LogP) is 4.02. The van der Waals surface area contributed by atoms with Crippen LogP contribution >= 0.6 is 0 Å². The molecule has 0 saturated carbocycles. The molecule has 4 nitrogen and oxygen atoms in total. The molecule has 23 heavy (non-hydrogen) atoms. The summed E-state index contributed by atoms with van der Waals surface area (Å²) in [5.74, 6) is 0.797. The average molecular weight is 309 g/mol. The summed E-state index contributed by atoms with van der Waals surface area (Å²) in [5.41, 5.74) is 2.88. The molecule has 0 bridgehead atoms. The van der Waals surface area contributed by atoms with Gasteiger partial charge in [0.2, 0.25) is 0 Å². The minimum absolute atomic E-state index is 0.149. The lowest BCUT2D eigenvalue weighted by Crippen LogP contribution is -2.25. The SMILES string of the molecule is COc1cccc2cc(C(=O)N(C)Cc3ccc(C)cc3)oc12. The molecule has 1 amide bonds. The van der Waals surface area contributed by atoms with Crippen LogP contribution in [0.1, 0.15) is 21.7 Å². The molecular weight excluding hydrogens is 290 g/mol. The molecule has 2 aromatic carbocycles. The molecular formula is C19H19NO3. The highest BCUT2D eigenvalue weighted by molar-refractivity contribution is 5.97. The Hall–Kier alpha value is -2.75. The minimum atomic E-state index is -0.149. The number of carbonyl (C=O) groups is 1. The minimum Gasteiger partial charge on any atom is -0.493 e. The van der Waals surface area contributed by atoms with E-state index in [1.54, 1.807) is 25.1 Å². The third-order valence-electron chi connectivity index (χ3n) is 3.83. The number of furan rings is 1. The monoisotopic (exact) mass is 309 g/mol. The number of methoxy groups -OCH3 is 1. The van der Waals surface area contributed by atoms with E-state index in [1.807, 2.05) is 49.4 Å². The first-order valence-corrected chi connectivity index (χ1v) is 7.46. The number of ether oxygens (including phenoxy) is 1. The molecule has 0 aliphatic heterocycles. The topological polar surface area (TPSA) is 42.7 Å². The summed E-state index contributed by atoms with van der Waals surface area (Å²) in [4.78, 5) is 14.2. The van der Waals surface area contributed by atoms with E-state index >= 15 is 0 Å². The fraction of sp³-hybridized carbons (Fsp3) is 0.211. The van der Waals surface area contributed by atoms with Gasteiger partial charge in [-0.1, -0.05) is 42.0 Å². The van der Waals surface area contributed by atoms with Crippen LogP contribution in [0.4, 0.5) is 0 Å². The lowest BCUT2D eigenvalue weighted by atomic mass is 10.1. The van der Waals surface area contributed by atoms with Crippen molar-refractivity contribution in [2.75, 3.05) is 14.2 Å². The van der Waals surface area contributed by atoms with Gasteiger partial charge in [-0.15, -0.1) is 0 Å². The predicted molar refractivity (Wildman–Crippen MR) is 89.7 cm³/mol. The van der Waals surface area contributed by atoms with Crippen LogP contribution < -0.4 is 4.74 Å². The highest BCUT2D eigenvalue weighted by Crippen LogP contribution is 2.29. The second kappa shape index (κ2) is 6.16. The molecule has 0 aliphatic rings. The summed E-state index contributed by atoms with van der Waals surface area (Å²) in [6, 6.07) is 15.5. The van der Waals surface area contributed by atoms with Crippen molar-refractivity contribution >= 4 is 16.9 Å². The number of fused-ring (bicyclic) bond motifs is 1. The molecule has 0 atom stereocenters. The number of nitrogens with zero attached hydrogens (tertiary/aromatic N) is 1. The number of benzene rings is 2. The van der Waals surface area contributed by atoms with E-state index in [2.05, 4.69) is 0 Å². The lowest BCUT2D eigenvalue weighted by molar-refractivity contribution is 0.0755. The maximum Gasteiger partial charge on any atom is 0.289 e. The summed E-state index contributed by atoms with van der Waals surface area (Å²) < 4.78 is 11.0. The van der Waals surface area contributed by atoms with Crippen LogP contribution in [-0.2, 0) is 6.54 Å². The first kappa shape index (κ1) is 15.2. The van der Waals surface area contributed by atoms with E-state index in [0.717, 1.165) is 10.9 Å². The smallest absolute Gasteiger partial charge is 0.289 e. The van der Waals surface area contributed by atoms with Crippen molar-refractivity contribution in [3.05, 3.63) is 65.4 Å². The Morgan fingerprint density at radius 2 is 1.91 bits per heavy atom. The quantitative estimate of drug-likeness (QED) is 0.731. The van der Waals surface area contributed by atoms with E-state index < -0.39 is 0 Å². The van der Waals surface area contributed by atoms with Crippen molar-refractivity contribution < 1.29 is 13.9 Å². The van der Waals surface area contributed by atoms with E-state index in [9.17, 15) is 4.79 Å². The Balaban J connectivity index is 1.83. The largest absolute Gasteiger partial charge is 0.493 e. The van der Waals surface area contributed by atoms with Crippen molar-refractivity contribution in [2.24, 2.45) is 0 Å². The Bertz CT molecular complexity index is 833. The van der Waals surface area contributed by atoms with E-state index in [-0.39, 0.29) is 5.91 Å². The molecule has 0 N–H and O–H groups in total. The summed E-state index contributed by atoms with van der Waals surface area (Å²) in [6.45, 7) is 2.58. The van der Waals surface area contributed by atoms with Gasteiger partial charge in [0.05, 0.1) is 7.11 Å². The number of rotatable bonds is 4. The summed E-state index contributed by atoms with van der Waals surface area (Å²) in [6.07, 6.45) is 0. The Kier molecular flexibility index (Phi) is 4.06. The van der Waals surface area contributed by atoms with Crippen LogP contribution in [0.5, 0.6) is 5.75 Å². The van der Waals surface area contributed by atoms with Gasteiger partial charge in [0.1, 0.15) is 0 Å². The fourth-order valence-electron chi connectivity index (χ4n) is 2.53. The van der Waals surface area contributed by atoms with Crippen molar-refractivity contribution in [3.63, 3.8) is 0 Å². The van der Waals surface area contributed by atoms with Gasteiger partial charge >= 0.3 is 0 Å². The van der Waals surface area contributed by atoms with Crippen molar-refractivity contribution in [2.45, 2.75) is 13.5 Å². The summed E-state index contributed by atoms with van der Waals surface area (Å²) in [5, 5.41) is 0.858. The molecule has 0 radical (unpaired) electrons. The molecule has 1 aromatic heterocycles. The van der Waals surface area contributed by atoms with Crippen molar-refractivity contribution in [1.29, 1.82) is 0 Å². The van der Waals surface area contributed by atoms with Crippen molar-refractivity contribution in [1.82, 2.24) is 4.90 Å². The van der Waals surface area contributed by atoms with Crippen molar-refractivity contribution in [3.8, 4) is 5.75 Å². The Labute approximate surface area is 135 Å². The first-order chi connectivity index (χ1) is 11.1. The van der Waals surface area contributed by atoms with Crippen LogP contribution in [0.25, 0.3) is 11.0 Å². The lowest BCUT2D eigenvalue weighted by Gasteiger charge is -2.15. The second-order valence-corrected chi connectivity index (χ2v) is 5.64. The molecule has 0 spiro atoms. The maximum atomic E-state index is 12.6. The van der Waals surface area contributed by atoms with Gasteiger partial charge in [0.25, 0.3) is 5.91 Å². The Morgan fingerprint density at radius 3 is 2.61 bits per heavy atom. The molecule has 0 fully saturated rings. The molecule has 3 aromatic rings. The van der Waals surface area contributed by atoms with Crippen LogP contribution in [0, 0.1) is 6.92 Å².